The van der Waals surface area contributed by atoms with E-state index in [9.17, 15) is 0 Å². The summed E-state index contributed by atoms with van der Waals surface area (Å²) in [5.74, 6) is 0.693. The molecule has 0 spiro atoms. The first-order chi connectivity index (χ1) is 9.31. The molecule has 1 fully saturated rings. The molecular weight excluding hydrogens is 306 g/mol. The van der Waals surface area contributed by atoms with Gasteiger partial charge in [0.05, 0.1) is 13.2 Å². The minimum Gasteiger partial charge on any atom is -0.394 e. The van der Waals surface area contributed by atoms with E-state index >= 15 is 0 Å². The minimum absolute atomic E-state index is 0.115. The van der Waals surface area contributed by atoms with Gasteiger partial charge >= 0.3 is 0 Å². The SMILES string of the molecule is OCCOCCCNC1CC(c2ccccc2Br)C1. The van der Waals surface area contributed by atoms with Crippen LogP contribution in [-0.2, 0) is 4.74 Å². The number of hydrogen-bond acceptors (Lipinski definition) is 3. The molecule has 0 aromatic heterocycles. The van der Waals surface area contributed by atoms with Gasteiger partial charge < -0.3 is 15.2 Å². The molecule has 0 unspecified atom stereocenters. The third-order valence-corrected chi connectivity index (χ3v) is 4.34. The fraction of sp³-hybridized carbons (Fsp3) is 0.600. The molecule has 4 heteroatoms. The number of halogens is 1. The number of hydrogen-bond donors (Lipinski definition) is 2. The second kappa shape index (κ2) is 8.00. The van der Waals surface area contributed by atoms with Crippen molar-refractivity contribution < 1.29 is 9.84 Å². The van der Waals surface area contributed by atoms with Crippen molar-refractivity contribution in [2.45, 2.75) is 31.2 Å². The van der Waals surface area contributed by atoms with Gasteiger partial charge in [0.1, 0.15) is 0 Å². The van der Waals surface area contributed by atoms with Crippen molar-refractivity contribution in [2.75, 3.05) is 26.4 Å². The van der Waals surface area contributed by atoms with Gasteiger partial charge in [0.15, 0.2) is 0 Å². The molecule has 1 aromatic carbocycles. The Balaban J connectivity index is 1.58. The molecule has 19 heavy (non-hydrogen) atoms. The first-order valence-electron chi connectivity index (χ1n) is 6.97. The lowest BCUT2D eigenvalue weighted by molar-refractivity contribution is 0.0897. The van der Waals surface area contributed by atoms with E-state index in [1.54, 1.807) is 0 Å². The molecule has 0 radical (unpaired) electrons. The summed E-state index contributed by atoms with van der Waals surface area (Å²) in [6.07, 6.45) is 3.45. The molecule has 0 bridgehead atoms. The Bertz CT molecular complexity index is 380. The molecule has 1 aliphatic carbocycles. The molecule has 1 aromatic rings. The summed E-state index contributed by atoms with van der Waals surface area (Å²) in [6, 6.07) is 9.16. The Kier molecular flexibility index (Phi) is 6.31. The van der Waals surface area contributed by atoms with Gasteiger partial charge in [-0.3, -0.25) is 0 Å². The topological polar surface area (TPSA) is 41.5 Å². The van der Waals surface area contributed by atoms with E-state index in [-0.39, 0.29) is 6.61 Å². The lowest BCUT2D eigenvalue weighted by Gasteiger charge is -2.37. The molecule has 2 N–H and O–H groups in total. The molecule has 106 valence electrons. The zero-order chi connectivity index (χ0) is 13.5. The molecule has 3 nitrogen and oxygen atoms in total. The fourth-order valence-electron chi connectivity index (χ4n) is 2.49. The number of ether oxygens (including phenoxy) is 1. The van der Waals surface area contributed by atoms with Gasteiger partial charge in [0, 0.05) is 17.1 Å². The van der Waals surface area contributed by atoms with Gasteiger partial charge in [-0.25, -0.2) is 0 Å². The smallest absolute Gasteiger partial charge is 0.0697 e. The fourth-order valence-corrected chi connectivity index (χ4v) is 3.10. The summed E-state index contributed by atoms with van der Waals surface area (Å²) in [5.41, 5.74) is 1.44. The highest BCUT2D eigenvalue weighted by Crippen LogP contribution is 2.39. The van der Waals surface area contributed by atoms with Crippen LogP contribution in [0.1, 0.15) is 30.7 Å². The number of rotatable bonds is 8. The number of aliphatic hydroxyl groups is 1. The second-order valence-corrected chi connectivity index (χ2v) is 5.88. The summed E-state index contributed by atoms with van der Waals surface area (Å²) < 4.78 is 6.46. The molecule has 0 atom stereocenters. The summed E-state index contributed by atoms with van der Waals surface area (Å²) in [6.45, 7) is 2.30. The van der Waals surface area contributed by atoms with Crippen molar-refractivity contribution in [2.24, 2.45) is 0 Å². The van der Waals surface area contributed by atoms with Crippen molar-refractivity contribution in [3.05, 3.63) is 34.3 Å². The third kappa shape index (κ3) is 4.56. The third-order valence-electron chi connectivity index (χ3n) is 3.62. The monoisotopic (exact) mass is 327 g/mol. The average Bonchev–Trinajstić information content (AvgIpc) is 2.37. The van der Waals surface area contributed by atoms with Crippen LogP contribution in [0, 0.1) is 0 Å². The van der Waals surface area contributed by atoms with Gasteiger partial charge in [-0.2, -0.15) is 0 Å². The van der Waals surface area contributed by atoms with Crippen LogP contribution in [-0.4, -0.2) is 37.5 Å². The lowest BCUT2D eigenvalue weighted by atomic mass is 9.76. The van der Waals surface area contributed by atoms with Gasteiger partial charge in [-0.15, -0.1) is 0 Å². The molecule has 1 saturated carbocycles. The molecular formula is C15H22BrNO2. The molecule has 1 aliphatic rings. The van der Waals surface area contributed by atoms with Crippen molar-refractivity contribution in [1.82, 2.24) is 5.32 Å². The number of nitrogens with one attached hydrogen (secondary N) is 1. The van der Waals surface area contributed by atoms with Gasteiger partial charge in [0.2, 0.25) is 0 Å². The van der Waals surface area contributed by atoms with Crippen molar-refractivity contribution in [3.8, 4) is 0 Å². The minimum atomic E-state index is 0.115. The van der Waals surface area contributed by atoms with E-state index in [1.807, 2.05) is 0 Å². The number of benzene rings is 1. The van der Waals surface area contributed by atoms with Crippen molar-refractivity contribution in [1.29, 1.82) is 0 Å². The van der Waals surface area contributed by atoms with Crippen LogP contribution in [0.15, 0.2) is 28.7 Å². The van der Waals surface area contributed by atoms with Gasteiger partial charge in [-0.05, 0) is 43.4 Å². The van der Waals surface area contributed by atoms with Crippen LogP contribution in [0.25, 0.3) is 0 Å². The lowest BCUT2D eigenvalue weighted by Crippen LogP contribution is -2.40. The van der Waals surface area contributed by atoms with Crippen LogP contribution in [0.2, 0.25) is 0 Å². The largest absolute Gasteiger partial charge is 0.394 e. The Hall–Kier alpha value is -0.420. The number of aliphatic hydroxyl groups excluding tert-OH is 1. The standard InChI is InChI=1S/C15H22BrNO2/c16-15-5-2-1-4-14(15)12-10-13(11-12)17-6-3-8-19-9-7-18/h1-2,4-5,12-13,17-18H,3,6-11H2. The van der Waals surface area contributed by atoms with Crippen molar-refractivity contribution in [3.63, 3.8) is 0 Å². The maximum absolute atomic E-state index is 8.57. The second-order valence-electron chi connectivity index (χ2n) is 5.03. The van der Waals surface area contributed by atoms with E-state index in [1.165, 1.54) is 22.9 Å². The summed E-state index contributed by atoms with van der Waals surface area (Å²) >= 11 is 3.62. The normalized spacial score (nSPS) is 22.2. The molecule has 0 heterocycles. The zero-order valence-electron chi connectivity index (χ0n) is 11.1. The molecule has 2 rings (SSSR count). The summed E-state index contributed by atoms with van der Waals surface area (Å²) in [7, 11) is 0. The van der Waals surface area contributed by atoms with E-state index in [0.29, 0.717) is 18.6 Å². The maximum atomic E-state index is 8.57. The van der Waals surface area contributed by atoms with Gasteiger partial charge in [0.25, 0.3) is 0 Å². The van der Waals surface area contributed by atoms with Crippen LogP contribution in [0.4, 0.5) is 0 Å². The van der Waals surface area contributed by atoms with Crippen LogP contribution in [0.5, 0.6) is 0 Å². The van der Waals surface area contributed by atoms with E-state index in [2.05, 4.69) is 45.5 Å². The molecule has 0 saturated heterocycles. The first-order valence-corrected chi connectivity index (χ1v) is 7.77. The predicted octanol–water partition coefficient (Wildman–Crippen LogP) is 2.68. The predicted molar refractivity (Wildman–Crippen MR) is 80.4 cm³/mol. The Labute approximate surface area is 123 Å². The van der Waals surface area contributed by atoms with Crippen molar-refractivity contribution >= 4 is 15.9 Å². The Morgan fingerprint density at radius 1 is 1.26 bits per heavy atom. The molecule has 0 aliphatic heterocycles. The molecule has 0 amide bonds. The summed E-state index contributed by atoms with van der Waals surface area (Å²) in [5, 5.41) is 12.1. The quantitative estimate of drug-likeness (QED) is 0.721. The maximum Gasteiger partial charge on any atom is 0.0697 e. The van der Waals surface area contributed by atoms with Crippen LogP contribution < -0.4 is 5.32 Å². The van der Waals surface area contributed by atoms with E-state index in [0.717, 1.165) is 19.6 Å². The summed E-state index contributed by atoms with van der Waals surface area (Å²) in [4.78, 5) is 0. The van der Waals surface area contributed by atoms with Crippen LogP contribution >= 0.6 is 15.9 Å². The van der Waals surface area contributed by atoms with E-state index < -0.39 is 0 Å². The zero-order valence-corrected chi connectivity index (χ0v) is 12.7. The highest BCUT2D eigenvalue weighted by Gasteiger charge is 2.30. The average molecular weight is 328 g/mol. The highest BCUT2D eigenvalue weighted by molar-refractivity contribution is 9.10. The highest BCUT2D eigenvalue weighted by atomic mass is 79.9. The first kappa shape index (κ1) is 15.0. The Morgan fingerprint density at radius 2 is 2.05 bits per heavy atom. The van der Waals surface area contributed by atoms with E-state index in [4.69, 9.17) is 9.84 Å². The van der Waals surface area contributed by atoms with Crippen LogP contribution in [0.3, 0.4) is 0 Å². The van der Waals surface area contributed by atoms with Gasteiger partial charge in [-0.1, -0.05) is 34.1 Å². The Morgan fingerprint density at radius 3 is 2.79 bits per heavy atom.